The molecule has 0 aromatic heterocycles. The molecule has 214 valence electrons. The molecule has 10 heteroatoms. The van der Waals surface area contributed by atoms with Gasteiger partial charge in [0.15, 0.2) is 0 Å². The Kier molecular flexibility index (Phi) is 9.98. The van der Waals surface area contributed by atoms with Gasteiger partial charge in [-0.1, -0.05) is 12.1 Å². The molecule has 0 spiro atoms. The van der Waals surface area contributed by atoms with Crippen LogP contribution in [-0.4, -0.2) is 76.6 Å². The Balaban J connectivity index is 1.22. The van der Waals surface area contributed by atoms with E-state index in [0.717, 1.165) is 37.7 Å². The molecule has 1 N–H and O–H groups in total. The van der Waals surface area contributed by atoms with Crippen LogP contribution in [-0.2, 0) is 19.6 Å². The molecule has 1 saturated heterocycles. The van der Waals surface area contributed by atoms with E-state index in [1.54, 1.807) is 24.3 Å². The van der Waals surface area contributed by atoms with Crippen molar-refractivity contribution in [3.63, 3.8) is 0 Å². The van der Waals surface area contributed by atoms with E-state index in [0.29, 0.717) is 24.6 Å². The zero-order chi connectivity index (χ0) is 28.0. The van der Waals surface area contributed by atoms with Crippen molar-refractivity contribution in [2.75, 3.05) is 41.0 Å². The molecular weight excluding hydrogens is 521 g/mol. The number of amides is 1. The highest BCUT2D eigenvalue weighted by Crippen LogP contribution is 2.37. The van der Waals surface area contributed by atoms with Gasteiger partial charge in [0.25, 0.3) is 0 Å². The summed E-state index contributed by atoms with van der Waals surface area (Å²) in [5, 5.41) is 3.09. The topological polar surface area (TPSA) is 88.2 Å². The Labute approximate surface area is 231 Å². The van der Waals surface area contributed by atoms with E-state index < -0.39 is 10.0 Å². The fraction of sp³-hybridized carbons (Fsp3) is 0.552. The van der Waals surface area contributed by atoms with Crippen LogP contribution in [0.4, 0.5) is 4.39 Å². The second kappa shape index (κ2) is 13.2. The summed E-state index contributed by atoms with van der Waals surface area (Å²) in [7, 11) is 1.98. The lowest BCUT2D eigenvalue weighted by Gasteiger charge is -2.37. The lowest BCUT2D eigenvalue weighted by molar-refractivity contribution is -0.127. The molecular formula is C29H40FN3O5S. The zero-order valence-electron chi connectivity index (χ0n) is 23.0. The molecule has 1 amide bonds. The van der Waals surface area contributed by atoms with Gasteiger partial charge in [-0.3, -0.25) is 4.79 Å². The summed E-state index contributed by atoms with van der Waals surface area (Å²) >= 11 is 0. The van der Waals surface area contributed by atoms with Crippen molar-refractivity contribution >= 4 is 15.9 Å². The second-order valence-corrected chi connectivity index (χ2v) is 12.6. The van der Waals surface area contributed by atoms with Crippen molar-refractivity contribution in [2.24, 2.45) is 5.92 Å². The first kappa shape index (κ1) is 29.5. The molecule has 2 aromatic carbocycles. The van der Waals surface area contributed by atoms with Gasteiger partial charge in [-0.05, 0) is 100 Å². The van der Waals surface area contributed by atoms with Crippen LogP contribution in [0.15, 0.2) is 53.4 Å². The number of sulfonamides is 1. The highest BCUT2D eigenvalue weighted by Gasteiger charge is 2.36. The van der Waals surface area contributed by atoms with Gasteiger partial charge in [-0.25, -0.2) is 12.8 Å². The van der Waals surface area contributed by atoms with Crippen molar-refractivity contribution < 1.29 is 27.1 Å². The number of methoxy groups -OCH3 is 1. The van der Waals surface area contributed by atoms with Crippen LogP contribution in [0.1, 0.15) is 50.1 Å². The minimum Gasteiger partial charge on any atom is -0.497 e. The van der Waals surface area contributed by atoms with Crippen molar-refractivity contribution in [2.45, 2.75) is 61.5 Å². The van der Waals surface area contributed by atoms with Gasteiger partial charge in [0.05, 0.1) is 18.6 Å². The van der Waals surface area contributed by atoms with Crippen LogP contribution in [0, 0.1) is 11.7 Å². The van der Waals surface area contributed by atoms with Gasteiger partial charge >= 0.3 is 0 Å². The summed E-state index contributed by atoms with van der Waals surface area (Å²) in [6.45, 7) is 0.518. The molecule has 2 aliphatic rings. The molecule has 8 nitrogen and oxygen atoms in total. The van der Waals surface area contributed by atoms with Gasteiger partial charge < -0.3 is 19.7 Å². The van der Waals surface area contributed by atoms with E-state index in [4.69, 9.17) is 9.47 Å². The first-order chi connectivity index (χ1) is 18.7. The number of hydrogen-bond acceptors (Lipinski definition) is 6. The third kappa shape index (κ3) is 7.36. The fourth-order valence-electron chi connectivity index (χ4n) is 5.96. The van der Waals surface area contributed by atoms with Crippen LogP contribution in [0.3, 0.4) is 0 Å². The number of nitrogens with zero attached hydrogens (tertiary/aromatic N) is 2. The maximum absolute atomic E-state index is 13.4. The second-order valence-electron chi connectivity index (χ2n) is 10.7. The number of carbonyl (C=O) groups excluding carboxylic acids is 1. The van der Waals surface area contributed by atoms with Gasteiger partial charge in [0.1, 0.15) is 18.2 Å². The average Bonchev–Trinajstić information content (AvgIpc) is 3.40. The van der Waals surface area contributed by atoms with Crippen LogP contribution in [0.25, 0.3) is 0 Å². The Morgan fingerprint density at radius 2 is 1.72 bits per heavy atom. The molecule has 39 heavy (non-hydrogen) atoms. The minimum atomic E-state index is -3.65. The van der Waals surface area contributed by atoms with E-state index >= 15 is 0 Å². The van der Waals surface area contributed by atoms with Gasteiger partial charge in [-0.2, -0.15) is 4.31 Å². The van der Waals surface area contributed by atoms with Gasteiger partial charge in [0, 0.05) is 24.7 Å². The first-order valence-electron chi connectivity index (χ1n) is 13.6. The van der Waals surface area contributed by atoms with Crippen LogP contribution < -0.4 is 10.1 Å². The summed E-state index contributed by atoms with van der Waals surface area (Å²) in [6, 6.07) is 13.1. The monoisotopic (exact) mass is 561 g/mol. The maximum Gasteiger partial charge on any atom is 0.246 e. The van der Waals surface area contributed by atoms with Gasteiger partial charge in [-0.15, -0.1) is 0 Å². The third-order valence-corrected chi connectivity index (χ3v) is 9.85. The summed E-state index contributed by atoms with van der Waals surface area (Å²) in [5.41, 5.74) is 1.11. The summed E-state index contributed by atoms with van der Waals surface area (Å²) in [4.78, 5) is 15.0. The zero-order valence-corrected chi connectivity index (χ0v) is 23.8. The molecule has 1 aliphatic carbocycles. The highest BCUT2D eigenvalue weighted by molar-refractivity contribution is 7.89. The normalized spacial score (nSPS) is 23.1. The lowest BCUT2D eigenvalue weighted by Crippen LogP contribution is -2.42. The predicted octanol–water partition coefficient (Wildman–Crippen LogP) is 3.98. The molecule has 4 rings (SSSR count). The Morgan fingerprint density at radius 1 is 1.05 bits per heavy atom. The van der Waals surface area contributed by atoms with E-state index in [2.05, 4.69) is 10.2 Å². The molecule has 0 radical (unpaired) electrons. The molecule has 2 fully saturated rings. The quantitative estimate of drug-likeness (QED) is 0.447. The predicted molar refractivity (Wildman–Crippen MR) is 147 cm³/mol. The number of carbonyl (C=O) groups is 1. The summed E-state index contributed by atoms with van der Waals surface area (Å²) < 4.78 is 52.0. The summed E-state index contributed by atoms with van der Waals surface area (Å²) in [6.07, 6.45) is 5.13. The Bertz CT molecular complexity index is 1180. The average molecular weight is 562 g/mol. The molecule has 2 unspecified atom stereocenters. The smallest absolute Gasteiger partial charge is 0.246 e. The Hall–Kier alpha value is -2.53. The number of hydrogen-bond donors (Lipinski definition) is 1. The highest BCUT2D eigenvalue weighted by atomic mass is 32.2. The number of rotatable bonds is 11. The van der Waals surface area contributed by atoms with Crippen molar-refractivity contribution in [3.05, 3.63) is 59.9 Å². The van der Waals surface area contributed by atoms with Crippen LogP contribution in [0.2, 0.25) is 0 Å². The largest absolute Gasteiger partial charge is 0.497 e. The molecule has 2 aromatic rings. The Morgan fingerprint density at radius 3 is 2.33 bits per heavy atom. The molecule has 0 bridgehead atoms. The summed E-state index contributed by atoms with van der Waals surface area (Å²) in [5.74, 6) is 0.615. The number of halogens is 1. The van der Waals surface area contributed by atoms with Crippen LogP contribution in [0.5, 0.6) is 5.75 Å². The van der Waals surface area contributed by atoms with Crippen LogP contribution >= 0.6 is 0 Å². The molecule has 1 saturated carbocycles. The van der Waals surface area contributed by atoms with Crippen molar-refractivity contribution in [1.82, 2.24) is 14.5 Å². The van der Waals surface area contributed by atoms with E-state index in [9.17, 15) is 17.6 Å². The maximum atomic E-state index is 13.4. The fourth-order valence-corrected chi connectivity index (χ4v) is 7.64. The standard InChI is InChI=1S/C29H40FN3O5S/c1-32(2)29(21-6-10-23(30)11-7-21)22-8-12-24(13-9-22)31-28(34)20-38-19-25-5-4-18-33(25)39(35,36)27-16-14-26(37-3)15-17-27/h6-7,10-11,14-17,22,24-25,29H,4-5,8-9,12-13,18-20H2,1-3H3,(H,31,34). The lowest BCUT2D eigenvalue weighted by atomic mass is 9.78. The van der Waals surface area contributed by atoms with E-state index in [1.807, 2.05) is 26.2 Å². The van der Waals surface area contributed by atoms with Gasteiger partial charge in [0.2, 0.25) is 15.9 Å². The molecule has 1 heterocycles. The van der Waals surface area contributed by atoms with Crippen molar-refractivity contribution in [1.29, 1.82) is 0 Å². The van der Waals surface area contributed by atoms with E-state index in [1.165, 1.54) is 23.5 Å². The minimum absolute atomic E-state index is 0.0896. The van der Waals surface area contributed by atoms with Crippen molar-refractivity contribution in [3.8, 4) is 5.75 Å². The molecule has 2 atom stereocenters. The third-order valence-electron chi connectivity index (χ3n) is 7.88. The SMILES string of the molecule is COc1ccc(S(=O)(=O)N2CCCC2COCC(=O)NC2CCC(C(c3ccc(F)cc3)N(C)C)CC2)cc1. The number of nitrogens with one attached hydrogen (secondary N) is 1. The molecule has 1 aliphatic heterocycles. The number of ether oxygens (including phenoxy) is 2. The number of benzene rings is 2. The van der Waals surface area contributed by atoms with E-state index in [-0.39, 0.29) is 48.0 Å². The first-order valence-corrected chi connectivity index (χ1v) is 15.1.